The summed E-state index contributed by atoms with van der Waals surface area (Å²) >= 11 is 1.35. The van der Waals surface area contributed by atoms with Gasteiger partial charge in [0.2, 0.25) is 11.3 Å². The van der Waals surface area contributed by atoms with E-state index in [4.69, 9.17) is 4.74 Å². The van der Waals surface area contributed by atoms with Gasteiger partial charge in [-0.3, -0.25) is 14.5 Å². The van der Waals surface area contributed by atoms with Gasteiger partial charge >= 0.3 is 5.97 Å². The van der Waals surface area contributed by atoms with Crippen LogP contribution in [0.3, 0.4) is 0 Å². The quantitative estimate of drug-likeness (QED) is 0.126. The molecule has 0 bridgehead atoms. The van der Waals surface area contributed by atoms with Crippen molar-refractivity contribution in [1.82, 2.24) is 9.47 Å². The summed E-state index contributed by atoms with van der Waals surface area (Å²) in [6.45, 7) is 8.12. The molecule has 0 fully saturated rings. The lowest BCUT2D eigenvalue weighted by Crippen LogP contribution is -2.28. The first-order chi connectivity index (χ1) is 23.5. The Bertz CT molecular complexity index is 2000. The molecule has 0 aliphatic heterocycles. The highest BCUT2D eigenvalue weighted by Gasteiger charge is 2.30. The Hall–Kier alpha value is -4.67. The summed E-state index contributed by atoms with van der Waals surface area (Å²) in [4.78, 5) is 43.7. The van der Waals surface area contributed by atoms with E-state index in [0.717, 1.165) is 16.0 Å². The molecular weight excluding hydrogens is 645 g/mol. The van der Waals surface area contributed by atoms with Crippen LogP contribution in [0, 0.1) is 17.6 Å². The highest BCUT2D eigenvalue weighted by Crippen LogP contribution is 2.40. The maximum atomic E-state index is 15.2. The van der Waals surface area contributed by atoms with Crippen LogP contribution in [-0.4, -0.2) is 35.0 Å². The number of amides is 1. The van der Waals surface area contributed by atoms with Crippen LogP contribution in [0.25, 0.3) is 20.7 Å². The lowest BCUT2D eigenvalue weighted by molar-refractivity contribution is -0.115. The van der Waals surface area contributed by atoms with Crippen molar-refractivity contribution in [2.45, 2.75) is 60.2 Å². The van der Waals surface area contributed by atoms with E-state index in [1.807, 2.05) is 63.4 Å². The Balaban J connectivity index is 1.82. The Kier molecular flexibility index (Phi) is 11.4. The minimum Gasteiger partial charge on any atom is -0.462 e. The van der Waals surface area contributed by atoms with Gasteiger partial charge < -0.3 is 14.6 Å². The maximum absolute atomic E-state index is 15.2. The Labute approximate surface area is 289 Å². The van der Waals surface area contributed by atoms with Crippen molar-refractivity contribution in [3.8, 4) is 10.4 Å². The van der Waals surface area contributed by atoms with Crippen molar-refractivity contribution in [1.29, 1.82) is 0 Å². The van der Waals surface area contributed by atoms with Crippen molar-refractivity contribution >= 4 is 39.1 Å². The van der Waals surface area contributed by atoms with E-state index in [1.54, 1.807) is 30.5 Å². The first-order valence-corrected chi connectivity index (χ1v) is 17.3. The van der Waals surface area contributed by atoms with Gasteiger partial charge in [0.1, 0.15) is 22.0 Å². The maximum Gasteiger partial charge on any atom is 0.343 e. The molecule has 5 aromatic rings. The zero-order chi connectivity index (χ0) is 35.2. The molecule has 0 saturated carbocycles. The number of esters is 1. The van der Waals surface area contributed by atoms with Crippen molar-refractivity contribution in [2.75, 3.05) is 19.0 Å². The standard InChI is InChI=1S/C39H41F2N3O4S/c1-6-33(45)42-27-18-16-26(17-19-27)37-29(22-43(5)21-25-12-9-8-10-13-25)34-36(46)35(39(47)48-7-2)32(20-24(3)4)44(38(34)49-37)23-28-30(40)14-11-15-31(28)41/h8-19,24H,6-7,20-23H2,1-5H3,(H,42,45). The minimum absolute atomic E-state index is 0.00327. The highest BCUT2D eigenvalue weighted by molar-refractivity contribution is 7.22. The summed E-state index contributed by atoms with van der Waals surface area (Å²) in [7, 11) is 1.95. The van der Waals surface area contributed by atoms with Gasteiger partial charge in [-0.05, 0) is 67.3 Å². The van der Waals surface area contributed by atoms with Gasteiger partial charge in [0, 0.05) is 41.3 Å². The fraction of sp³-hybridized carbons (Fsp3) is 0.308. The predicted molar refractivity (Wildman–Crippen MR) is 192 cm³/mol. The number of rotatable bonds is 13. The second kappa shape index (κ2) is 15.7. The number of anilines is 1. The Morgan fingerprint density at radius 3 is 2.20 bits per heavy atom. The zero-order valence-corrected chi connectivity index (χ0v) is 29.3. The molecular formula is C39H41F2N3O4S. The third kappa shape index (κ3) is 7.98. The summed E-state index contributed by atoms with van der Waals surface area (Å²) in [5.41, 5.74) is 2.84. The van der Waals surface area contributed by atoms with Crippen LogP contribution in [-0.2, 0) is 35.6 Å². The molecule has 2 aromatic heterocycles. The first kappa shape index (κ1) is 35.6. The second-order valence-corrected chi connectivity index (χ2v) is 13.5. The third-order valence-electron chi connectivity index (χ3n) is 8.24. The lowest BCUT2D eigenvalue weighted by Gasteiger charge is -2.21. The topological polar surface area (TPSA) is 80.6 Å². The number of pyridine rings is 1. The zero-order valence-electron chi connectivity index (χ0n) is 28.4. The highest BCUT2D eigenvalue weighted by atomic mass is 32.1. The summed E-state index contributed by atoms with van der Waals surface area (Å²) in [6.07, 6.45) is 0.643. The number of aromatic nitrogens is 1. The normalized spacial score (nSPS) is 11.4. The van der Waals surface area contributed by atoms with E-state index in [9.17, 15) is 14.4 Å². The molecule has 256 valence electrons. The van der Waals surface area contributed by atoms with E-state index < -0.39 is 23.0 Å². The number of hydrogen-bond acceptors (Lipinski definition) is 6. The van der Waals surface area contributed by atoms with Gasteiger partial charge in [-0.1, -0.05) is 69.3 Å². The van der Waals surface area contributed by atoms with E-state index in [1.165, 1.54) is 29.5 Å². The molecule has 0 saturated heterocycles. The van der Waals surface area contributed by atoms with Crippen molar-refractivity contribution in [3.63, 3.8) is 0 Å². The summed E-state index contributed by atoms with van der Waals surface area (Å²) < 4.78 is 37.6. The van der Waals surface area contributed by atoms with Gasteiger partial charge in [0.05, 0.1) is 18.5 Å². The minimum atomic E-state index is -0.764. The smallest absolute Gasteiger partial charge is 0.343 e. The van der Waals surface area contributed by atoms with Crippen molar-refractivity contribution < 1.29 is 23.1 Å². The fourth-order valence-electron chi connectivity index (χ4n) is 5.97. The van der Waals surface area contributed by atoms with Crippen LogP contribution in [0.15, 0.2) is 77.6 Å². The first-order valence-electron chi connectivity index (χ1n) is 16.5. The van der Waals surface area contributed by atoms with Crippen LogP contribution in [0.5, 0.6) is 0 Å². The number of carbonyl (C=O) groups excluding carboxylic acids is 2. The van der Waals surface area contributed by atoms with Crippen LogP contribution in [0.1, 0.15) is 66.9 Å². The van der Waals surface area contributed by atoms with Gasteiger partial charge in [-0.15, -0.1) is 11.3 Å². The van der Waals surface area contributed by atoms with Crippen LogP contribution in [0.2, 0.25) is 0 Å². The number of benzene rings is 3. The molecule has 0 radical (unpaired) electrons. The average molecular weight is 686 g/mol. The number of ether oxygens (including phenoxy) is 1. The number of carbonyl (C=O) groups is 2. The number of nitrogens with one attached hydrogen (secondary N) is 1. The van der Waals surface area contributed by atoms with Gasteiger partial charge in [-0.25, -0.2) is 13.6 Å². The predicted octanol–water partition coefficient (Wildman–Crippen LogP) is 8.41. The largest absolute Gasteiger partial charge is 0.462 e. The number of hydrogen-bond donors (Lipinski definition) is 1. The molecule has 1 amide bonds. The van der Waals surface area contributed by atoms with Crippen molar-refractivity contribution in [3.05, 3.63) is 123 Å². The molecule has 0 spiro atoms. The molecule has 0 atom stereocenters. The Morgan fingerprint density at radius 2 is 1.59 bits per heavy atom. The molecule has 10 heteroatoms. The number of fused-ring (bicyclic) bond motifs is 1. The summed E-state index contributed by atoms with van der Waals surface area (Å²) in [5, 5.41) is 3.18. The van der Waals surface area contributed by atoms with Crippen LogP contribution in [0.4, 0.5) is 14.5 Å². The molecule has 7 nitrogen and oxygen atoms in total. The molecule has 3 aromatic carbocycles. The lowest BCUT2D eigenvalue weighted by atomic mass is 9.98. The molecule has 5 rings (SSSR count). The van der Waals surface area contributed by atoms with Crippen molar-refractivity contribution in [2.24, 2.45) is 5.92 Å². The van der Waals surface area contributed by atoms with Gasteiger partial charge in [-0.2, -0.15) is 0 Å². The molecule has 0 aliphatic carbocycles. The van der Waals surface area contributed by atoms with E-state index in [-0.39, 0.29) is 36.1 Å². The molecule has 49 heavy (non-hydrogen) atoms. The summed E-state index contributed by atoms with van der Waals surface area (Å²) in [5.74, 6) is -2.31. The van der Waals surface area contributed by atoms with Gasteiger partial charge in [0.15, 0.2) is 0 Å². The van der Waals surface area contributed by atoms with E-state index >= 15 is 8.78 Å². The SMILES string of the molecule is CCOC(=O)c1c(CC(C)C)n(Cc2c(F)cccc2F)c2sc(-c3ccc(NC(=O)CC)cc3)c(CN(C)Cc3ccccc3)c2c1=O. The molecule has 1 N–H and O–H groups in total. The monoisotopic (exact) mass is 685 g/mol. The number of nitrogens with zero attached hydrogens (tertiary/aromatic N) is 2. The Morgan fingerprint density at radius 1 is 0.918 bits per heavy atom. The average Bonchev–Trinajstić information content (AvgIpc) is 3.43. The summed E-state index contributed by atoms with van der Waals surface area (Å²) in [6, 6.07) is 21.0. The molecule has 0 aliphatic rings. The van der Waals surface area contributed by atoms with Crippen LogP contribution < -0.4 is 10.7 Å². The third-order valence-corrected chi connectivity index (χ3v) is 9.54. The number of thiophene rings is 1. The molecule has 2 heterocycles. The second-order valence-electron chi connectivity index (χ2n) is 12.5. The van der Waals surface area contributed by atoms with Gasteiger partial charge in [0.25, 0.3) is 0 Å². The van der Waals surface area contributed by atoms with Crippen LogP contribution >= 0.6 is 11.3 Å². The van der Waals surface area contributed by atoms with E-state index in [0.29, 0.717) is 53.1 Å². The van der Waals surface area contributed by atoms with E-state index in [2.05, 4.69) is 10.2 Å². The fourth-order valence-corrected chi connectivity index (χ4v) is 7.31. The molecule has 0 unspecified atom stereocenters. The number of halogens is 2.